The van der Waals surface area contributed by atoms with Crippen molar-refractivity contribution in [3.8, 4) is 11.5 Å². The highest BCUT2D eigenvalue weighted by atomic mass is 32.2. The Labute approximate surface area is 191 Å². The summed E-state index contributed by atoms with van der Waals surface area (Å²) in [7, 11) is -3.84. The van der Waals surface area contributed by atoms with E-state index in [2.05, 4.69) is 20.2 Å². The Morgan fingerprint density at radius 2 is 1.82 bits per heavy atom. The number of fused-ring (bicyclic) bond motifs is 1. The summed E-state index contributed by atoms with van der Waals surface area (Å²) >= 11 is 0. The van der Waals surface area contributed by atoms with Gasteiger partial charge in [-0.25, -0.2) is 8.42 Å². The van der Waals surface area contributed by atoms with Crippen LogP contribution in [0.25, 0.3) is 0 Å². The average molecular weight is 473 g/mol. The number of benzene rings is 2. The topological polar surface area (TPSA) is 133 Å². The Morgan fingerprint density at radius 1 is 1.06 bits per heavy atom. The zero-order valence-electron chi connectivity index (χ0n) is 18.0. The molecule has 0 radical (unpaired) electrons. The zero-order chi connectivity index (χ0) is 23.3. The molecule has 1 aliphatic heterocycles. The fourth-order valence-electron chi connectivity index (χ4n) is 3.20. The van der Waals surface area contributed by atoms with Crippen LogP contribution in [0, 0.1) is 6.92 Å². The van der Waals surface area contributed by atoms with Gasteiger partial charge in [0.15, 0.2) is 17.3 Å². The molecule has 2 N–H and O–H groups in total. The molecule has 0 bridgehead atoms. The van der Waals surface area contributed by atoms with Gasteiger partial charge in [0.2, 0.25) is 5.89 Å². The fourth-order valence-corrected chi connectivity index (χ4v) is 4.27. The van der Waals surface area contributed by atoms with Crippen LogP contribution in [0.4, 0.5) is 5.69 Å². The van der Waals surface area contributed by atoms with Crippen molar-refractivity contribution >= 4 is 21.6 Å². The first-order chi connectivity index (χ1) is 15.9. The minimum atomic E-state index is -3.84. The number of rotatable bonds is 8. The van der Waals surface area contributed by atoms with Crippen LogP contribution in [-0.4, -0.2) is 44.2 Å². The molecule has 0 unspecified atom stereocenters. The van der Waals surface area contributed by atoms with Gasteiger partial charge in [-0.2, -0.15) is 4.98 Å². The lowest BCUT2D eigenvalue weighted by atomic mass is 10.2. The predicted octanol–water partition coefficient (Wildman–Crippen LogP) is 2.70. The Bertz CT molecular complexity index is 1220. The van der Waals surface area contributed by atoms with Gasteiger partial charge in [-0.05, 0) is 49.7 Å². The summed E-state index contributed by atoms with van der Waals surface area (Å²) in [4.78, 5) is 16.5. The Morgan fingerprint density at radius 3 is 2.55 bits per heavy atom. The molecule has 4 rings (SSSR count). The summed E-state index contributed by atoms with van der Waals surface area (Å²) in [6, 6.07) is 10.7. The van der Waals surface area contributed by atoms with E-state index in [0.717, 1.165) is 6.42 Å². The number of anilines is 1. The van der Waals surface area contributed by atoms with Gasteiger partial charge in [-0.15, -0.1) is 0 Å². The highest BCUT2D eigenvalue weighted by Gasteiger charge is 2.19. The summed E-state index contributed by atoms with van der Waals surface area (Å²) in [6.07, 6.45) is 1.95. The number of sulfonamides is 1. The van der Waals surface area contributed by atoms with E-state index in [1.807, 2.05) is 0 Å². The molecule has 0 saturated carbocycles. The number of hydrogen-bond acceptors (Lipinski definition) is 8. The standard InChI is InChI=1S/C22H24N4O6S/c1-15-24-21(32-25-15)4-2-11-23-22(27)16-5-7-17(8-6-16)26-33(28,29)18-9-10-19-20(14-18)31-13-3-12-30-19/h5-10,14,26H,2-4,11-13H2,1H3,(H,23,27). The lowest BCUT2D eigenvalue weighted by Crippen LogP contribution is -2.24. The summed E-state index contributed by atoms with van der Waals surface area (Å²) in [5.41, 5.74) is 0.757. The summed E-state index contributed by atoms with van der Waals surface area (Å²) in [6.45, 7) is 3.17. The maximum Gasteiger partial charge on any atom is 0.262 e. The molecular formula is C22H24N4O6S. The van der Waals surface area contributed by atoms with E-state index < -0.39 is 10.0 Å². The third kappa shape index (κ3) is 5.80. The molecule has 2 aromatic carbocycles. The van der Waals surface area contributed by atoms with Gasteiger partial charge in [-0.1, -0.05) is 5.16 Å². The van der Waals surface area contributed by atoms with Crippen molar-refractivity contribution in [2.45, 2.75) is 31.1 Å². The molecule has 33 heavy (non-hydrogen) atoms. The maximum atomic E-state index is 12.8. The maximum absolute atomic E-state index is 12.8. The monoisotopic (exact) mass is 472 g/mol. The van der Waals surface area contributed by atoms with Crippen molar-refractivity contribution in [2.75, 3.05) is 24.5 Å². The highest BCUT2D eigenvalue weighted by Crippen LogP contribution is 2.32. The Hall–Kier alpha value is -3.60. The molecule has 10 nitrogen and oxygen atoms in total. The van der Waals surface area contributed by atoms with Crippen molar-refractivity contribution in [1.29, 1.82) is 0 Å². The van der Waals surface area contributed by atoms with Gasteiger partial charge in [0, 0.05) is 36.7 Å². The number of aryl methyl sites for hydroxylation is 2. The van der Waals surface area contributed by atoms with Crippen LogP contribution in [0.2, 0.25) is 0 Å². The van der Waals surface area contributed by atoms with Crippen LogP contribution in [0.3, 0.4) is 0 Å². The van der Waals surface area contributed by atoms with Crippen LogP contribution in [-0.2, 0) is 16.4 Å². The quantitative estimate of drug-likeness (QED) is 0.478. The third-order valence-corrected chi connectivity index (χ3v) is 6.23. The second kappa shape index (κ2) is 9.90. The van der Waals surface area contributed by atoms with E-state index in [1.165, 1.54) is 24.3 Å². The first kappa shape index (κ1) is 22.6. The lowest BCUT2D eigenvalue weighted by molar-refractivity contribution is 0.0953. The molecule has 0 fully saturated rings. The van der Waals surface area contributed by atoms with Gasteiger partial charge in [0.1, 0.15) is 0 Å². The van der Waals surface area contributed by atoms with Gasteiger partial charge in [0.05, 0.1) is 18.1 Å². The highest BCUT2D eigenvalue weighted by molar-refractivity contribution is 7.92. The molecule has 0 saturated heterocycles. The molecular weight excluding hydrogens is 448 g/mol. The zero-order valence-corrected chi connectivity index (χ0v) is 18.9. The molecule has 0 spiro atoms. The van der Waals surface area contributed by atoms with E-state index >= 15 is 0 Å². The number of aromatic nitrogens is 2. The van der Waals surface area contributed by atoms with Crippen LogP contribution in [0.1, 0.15) is 34.9 Å². The Balaban J connectivity index is 1.33. The van der Waals surface area contributed by atoms with Crippen LogP contribution in [0.15, 0.2) is 51.9 Å². The first-order valence-corrected chi connectivity index (χ1v) is 12.0. The fraction of sp³-hybridized carbons (Fsp3) is 0.318. The van der Waals surface area contributed by atoms with E-state index in [1.54, 1.807) is 25.1 Å². The number of nitrogens with zero attached hydrogens (tertiary/aromatic N) is 2. The van der Waals surface area contributed by atoms with Crippen molar-refractivity contribution < 1.29 is 27.2 Å². The van der Waals surface area contributed by atoms with Gasteiger partial charge < -0.3 is 19.3 Å². The minimum absolute atomic E-state index is 0.0602. The van der Waals surface area contributed by atoms with Crippen molar-refractivity contribution in [3.63, 3.8) is 0 Å². The molecule has 1 amide bonds. The predicted molar refractivity (Wildman–Crippen MR) is 119 cm³/mol. The van der Waals surface area contributed by atoms with Gasteiger partial charge >= 0.3 is 0 Å². The van der Waals surface area contributed by atoms with E-state index in [-0.39, 0.29) is 10.8 Å². The number of carbonyl (C=O) groups excluding carboxylic acids is 1. The van der Waals surface area contributed by atoms with Crippen molar-refractivity contribution in [3.05, 3.63) is 59.7 Å². The van der Waals surface area contributed by atoms with E-state index in [9.17, 15) is 13.2 Å². The van der Waals surface area contributed by atoms with Crippen molar-refractivity contribution in [1.82, 2.24) is 15.5 Å². The van der Waals surface area contributed by atoms with Crippen LogP contribution >= 0.6 is 0 Å². The second-order valence-electron chi connectivity index (χ2n) is 7.44. The first-order valence-electron chi connectivity index (χ1n) is 10.5. The van der Waals surface area contributed by atoms with E-state index in [0.29, 0.717) is 67.1 Å². The molecule has 11 heteroatoms. The summed E-state index contributed by atoms with van der Waals surface area (Å²) in [5, 5.41) is 6.53. The molecule has 1 aliphatic rings. The number of amides is 1. The number of carbonyl (C=O) groups is 1. The molecule has 0 atom stereocenters. The van der Waals surface area contributed by atoms with Crippen LogP contribution < -0.4 is 19.5 Å². The minimum Gasteiger partial charge on any atom is -0.490 e. The Kier molecular flexibility index (Phi) is 6.78. The lowest BCUT2D eigenvalue weighted by Gasteiger charge is -2.12. The van der Waals surface area contributed by atoms with Crippen LogP contribution in [0.5, 0.6) is 11.5 Å². The smallest absolute Gasteiger partial charge is 0.262 e. The molecule has 174 valence electrons. The van der Waals surface area contributed by atoms with E-state index in [4.69, 9.17) is 14.0 Å². The number of ether oxygens (including phenoxy) is 2. The van der Waals surface area contributed by atoms with Crippen molar-refractivity contribution in [2.24, 2.45) is 0 Å². The normalized spacial score (nSPS) is 13.2. The molecule has 0 aliphatic carbocycles. The molecule has 2 heterocycles. The number of hydrogen-bond donors (Lipinski definition) is 2. The second-order valence-corrected chi connectivity index (χ2v) is 9.12. The van der Waals surface area contributed by atoms with Gasteiger partial charge in [0.25, 0.3) is 15.9 Å². The average Bonchev–Trinajstić information content (AvgIpc) is 3.07. The van der Waals surface area contributed by atoms with Gasteiger partial charge in [-0.3, -0.25) is 9.52 Å². The largest absolute Gasteiger partial charge is 0.490 e. The number of nitrogens with one attached hydrogen (secondary N) is 2. The third-order valence-electron chi connectivity index (χ3n) is 4.85. The summed E-state index contributed by atoms with van der Waals surface area (Å²) in [5.74, 6) is 1.78. The molecule has 1 aromatic heterocycles. The SMILES string of the molecule is Cc1noc(CCCNC(=O)c2ccc(NS(=O)(=O)c3ccc4c(c3)OCCCO4)cc2)n1. The summed E-state index contributed by atoms with van der Waals surface area (Å²) < 4.78 is 44.2. The molecule has 3 aromatic rings.